The number of rotatable bonds is 5. The molecule has 1 aliphatic heterocycles. The lowest BCUT2D eigenvalue weighted by Gasteiger charge is -2.44. The molecule has 7 heteroatoms. The predicted molar refractivity (Wildman–Crippen MR) is 158 cm³/mol. The van der Waals surface area contributed by atoms with E-state index in [0.717, 1.165) is 38.2 Å². The van der Waals surface area contributed by atoms with Crippen LogP contribution in [-0.4, -0.2) is 5.78 Å². The molecule has 1 unspecified atom stereocenters. The Balaban J connectivity index is 1.67. The third-order valence-corrected chi connectivity index (χ3v) is 8.35. The summed E-state index contributed by atoms with van der Waals surface area (Å²) in [5.41, 5.74) is 12.5. The van der Waals surface area contributed by atoms with E-state index in [1.807, 2.05) is 44.2 Å². The standard InChI is InChI=1S/C33H31BrFN3O2/c1-19-13-21(18-40-29-8-6-5-7-26(29)34)20(2)24(14-19)30-25(17-36)32(37)38(23-11-9-22(35)10-12-23)27-15-33(3,4)16-28(39)31(27)30/h5-14,30H,15-16,18,37H2,1-4H3. The molecular formula is C33H31BrFN3O2. The zero-order chi connectivity index (χ0) is 28.8. The summed E-state index contributed by atoms with van der Waals surface area (Å²) in [4.78, 5) is 15.7. The van der Waals surface area contributed by atoms with Gasteiger partial charge >= 0.3 is 0 Å². The van der Waals surface area contributed by atoms with Gasteiger partial charge < -0.3 is 10.5 Å². The van der Waals surface area contributed by atoms with Crippen LogP contribution in [0.4, 0.5) is 10.1 Å². The van der Waals surface area contributed by atoms with Gasteiger partial charge in [0.2, 0.25) is 0 Å². The Hall–Kier alpha value is -3.89. The molecule has 0 bridgehead atoms. The van der Waals surface area contributed by atoms with Crippen LogP contribution in [0.15, 0.2) is 87.8 Å². The smallest absolute Gasteiger partial charge is 0.162 e. The van der Waals surface area contributed by atoms with E-state index in [4.69, 9.17) is 10.5 Å². The fourth-order valence-corrected chi connectivity index (χ4v) is 6.23. The summed E-state index contributed by atoms with van der Waals surface area (Å²) in [5.74, 6) is 0.00550. The third kappa shape index (κ3) is 5.04. The highest BCUT2D eigenvalue weighted by Gasteiger charge is 2.45. The maximum atomic E-state index is 13.9. The Labute approximate surface area is 242 Å². The largest absolute Gasteiger partial charge is 0.488 e. The normalized spacial score (nSPS) is 18.5. The summed E-state index contributed by atoms with van der Waals surface area (Å²) in [7, 11) is 0. The second kappa shape index (κ2) is 10.6. The van der Waals surface area contributed by atoms with Gasteiger partial charge in [0, 0.05) is 23.4 Å². The van der Waals surface area contributed by atoms with Crippen molar-refractivity contribution in [3.05, 3.63) is 116 Å². The van der Waals surface area contributed by atoms with E-state index in [2.05, 4.69) is 41.9 Å². The number of nitriles is 1. The number of hydrogen-bond donors (Lipinski definition) is 1. The van der Waals surface area contributed by atoms with E-state index in [1.165, 1.54) is 12.1 Å². The molecule has 2 aliphatic rings. The number of Topliss-reactive ketones (excluding diaryl/α,β-unsaturated/α-hetero) is 1. The number of nitrogens with two attached hydrogens (primary N) is 1. The highest BCUT2D eigenvalue weighted by molar-refractivity contribution is 9.10. The van der Waals surface area contributed by atoms with Gasteiger partial charge in [-0.1, -0.05) is 43.7 Å². The van der Waals surface area contributed by atoms with Crippen LogP contribution in [0, 0.1) is 36.4 Å². The monoisotopic (exact) mass is 599 g/mol. The van der Waals surface area contributed by atoms with E-state index in [0.29, 0.717) is 36.3 Å². The van der Waals surface area contributed by atoms with Gasteiger partial charge in [-0.2, -0.15) is 5.26 Å². The lowest BCUT2D eigenvalue weighted by molar-refractivity contribution is -0.118. The van der Waals surface area contributed by atoms with Crippen LogP contribution >= 0.6 is 15.9 Å². The van der Waals surface area contributed by atoms with Crippen molar-refractivity contribution in [2.75, 3.05) is 4.90 Å². The number of aryl methyl sites for hydroxylation is 1. The van der Waals surface area contributed by atoms with Crippen LogP contribution in [0.1, 0.15) is 54.9 Å². The minimum Gasteiger partial charge on any atom is -0.488 e. The molecule has 1 atom stereocenters. The zero-order valence-electron chi connectivity index (χ0n) is 23.0. The van der Waals surface area contributed by atoms with E-state index in [-0.39, 0.29) is 22.8 Å². The quantitative estimate of drug-likeness (QED) is 0.324. The number of carbonyl (C=O) groups is 1. The Morgan fingerprint density at radius 1 is 1.12 bits per heavy atom. The number of nitrogens with zero attached hydrogens (tertiary/aromatic N) is 2. The number of halogens is 2. The van der Waals surface area contributed by atoms with Crippen molar-refractivity contribution in [2.45, 2.75) is 53.1 Å². The molecule has 0 amide bonds. The van der Waals surface area contributed by atoms with Gasteiger partial charge in [0.25, 0.3) is 0 Å². The van der Waals surface area contributed by atoms with E-state index >= 15 is 0 Å². The summed E-state index contributed by atoms with van der Waals surface area (Å²) in [6.45, 7) is 8.44. The molecule has 1 heterocycles. The Kier molecular flexibility index (Phi) is 7.32. The van der Waals surface area contributed by atoms with E-state index < -0.39 is 5.92 Å². The SMILES string of the molecule is Cc1cc(COc2ccccc2Br)c(C)c(C2C(C#N)=C(N)N(c3ccc(F)cc3)C3=C2C(=O)CC(C)(C)C3)c1. The summed E-state index contributed by atoms with van der Waals surface area (Å²) in [6, 6.07) is 20.1. The highest BCUT2D eigenvalue weighted by atomic mass is 79.9. The molecule has 0 saturated carbocycles. The van der Waals surface area contributed by atoms with Crippen LogP contribution in [0.25, 0.3) is 0 Å². The summed E-state index contributed by atoms with van der Waals surface area (Å²) < 4.78 is 20.8. The molecule has 0 fully saturated rings. The van der Waals surface area contributed by atoms with Gasteiger partial charge in [-0.3, -0.25) is 9.69 Å². The molecule has 1 aliphatic carbocycles. The maximum Gasteiger partial charge on any atom is 0.162 e. The minimum absolute atomic E-state index is 0.00414. The topological polar surface area (TPSA) is 79.3 Å². The van der Waals surface area contributed by atoms with Crippen LogP contribution in [0.5, 0.6) is 5.75 Å². The third-order valence-electron chi connectivity index (χ3n) is 7.70. The van der Waals surface area contributed by atoms with Gasteiger partial charge in [-0.05, 0) is 94.7 Å². The highest BCUT2D eigenvalue weighted by Crippen LogP contribution is 2.51. The van der Waals surface area contributed by atoms with Crippen molar-refractivity contribution in [2.24, 2.45) is 11.1 Å². The molecule has 2 N–H and O–H groups in total. The molecule has 0 aromatic heterocycles. The first-order valence-electron chi connectivity index (χ1n) is 13.2. The number of ketones is 1. The Bertz CT molecular complexity index is 1620. The number of carbonyl (C=O) groups excluding carboxylic acids is 1. The molecule has 3 aromatic rings. The van der Waals surface area contributed by atoms with Crippen LogP contribution < -0.4 is 15.4 Å². The van der Waals surface area contributed by atoms with Gasteiger partial charge in [-0.15, -0.1) is 0 Å². The minimum atomic E-state index is -0.609. The van der Waals surface area contributed by atoms with Crippen molar-refractivity contribution in [3.63, 3.8) is 0 Å². The molecule has 5 rings (SSSR count). The average molecular weight is 601 g/mol. The van der Waals surface area contributed by atoms with Crippen molar-refractivity contribution in [3.8, 4) is 11.8 Å². The summed E-state index contributed by atoms with van der Waals surface area (Å²) in [6.07, 6.45) is 0.950. The predicted octanol–water partition coefficient (Wildman–Crippen LogP) is 7.72. The number of hydrogen-bond acceptors (Lipinski definition) is 5. The van der Waals surface area contributed by atoms with Crippen molar-refractivity contribution < 1.29 is 13.9 Å². The maximum absolute atomic E-state index is 13.9. The van der Waals surface area contributed by atoms with Gasteiger partial charge in [0.15, 0.2) is 5.78 Å². The fraction of sp³-hybridized carbons (Fsp3) is 0.273. The van der Waals surface area contributed by atoms with E-state index in [9.17, 15) is 14.4 Å². The van der Waals surface area contributed by atoms with Crippen molar-refractivity contribution >= 4 is 27.4 Å². The molecule has 3 aromatic carbocycles. The zero-order valence-corrected chi connectivity index (χ0v) is 24.6. The van der Waals surface area contributed by atoms with Crippen LogP contribution in [0.2, 0.25) is 0 Å². The number of ether oxygens (including phenoxy) is 1. The Morgan fingerprint density at radius 3 is 2.50 bits per heavy atom. The van der Waals surface area contributed by atoms with Crippen LogP contribution in [-0.2, 0) is 11.4 Å². The number of benzene rings is 3. The van der Waals surface area contributed by atoms with Gasteiger partial charge in [0.1, 0.15) is 24.0 Å². The summed E-state index contributed by atoms with van der Waals surface area (Å²) >= 11 is 3.54. The lowest BCUT2D eigenvalue weighted by Crippen LogP contribution is -2.42. The molecule has 0 radical (unpaired) electrons. The molecule has 0 saturated heterocycles. The number of para-hydroxylation sites is 1. The average Bonchev–Trinajstić information content (AvgIpc) is 2.89. The molecule has 204 valence electrons. The Morgan fingerprint density at radius 2 is 1.82 bits per heavy atom. The molecule has 5 nitrogen and oxygen atoms in total. The summed E-state index contributed by atoms with van der Waals surface area (Å²) in [5, 5.41) is 10.5. The first kappa shape index (κ1) is 27.7. The fourth-order valence-electron chi connectivity index (χ4n) is 5.84. The van der Waals surface area contributed by atoms with E-state index in [1.54, 1.807) is 17.0 Å². The first-order valence-corrected chi connectivity index (χ1v) is 14.0. The lowest BCUT2D eigenvalue weighted by atomic mass is 9.68. The van der Waals surface area contributed by atoms with Gasteiger partial charge in [-0.25, -0.2) is 4.39 Å². The number of allylic oxidation sites excluding steroid dienone is 3. The second-order valence-electron chi connectivity index (χ2n) is 11.3. The van der Waals surface area contributed by atoms with Gasteiger partial charge in [0.05, 0.1) is 22.0 Å². The molecule has 0 spiro atoms. The molecular weight excluding hydrogens is 569 g/mol. The first-order chi connectivity index (χ1) is 19.0. The van der Waals surface area contributed by atoms with Crippen molar-refractivity contribution in [1.82, 2.24) is 0 Å². The molecule has 40 heavy (non-hydrogen) atoms. The van der Waals surface area contributed by atoms with Crippen LogP contribution in [0.3, 0.4) is 0 Å². The van der Waals surface area contributed by atoms with Crippen molar-refractivity contribution in [1.29, 1.82) is 5.26 Å². The number of anilines is 1. The second-order valence-corrected chi connectivity index (χ2v) is 12.2.